The number of nitrogens with one attached hydrogen (secondary N) is 1. The topological polar surface area (TPSA) is 21.3 Å². The maximum Gasteiger partial charge on any atom is 0.123 e. The molecule has 1 saturated carbocycles. The van der Waals surface area contributed by atoms with Gasteiger partial charge in [0, 0.05) is 12.6 Å². The zero-order valence-electron chi connectivity index (χ0n) is 11.3. The Morgan fingerprint density at radius 3 is 2.74 bits per heavy atom. The number of ether oxygens (including phenoxy) is 1. The number of benzene rings is 1. The van der Waals surface area contributed by atoms with Crippen LogP contribution in [0.2, 0.25) is 0 Å². The second-order valence-corrected chi connectivity index (χ2v) is 5.91. The molecular weight excluding hydrogens is 241 g/mol. The lowest BCUT2D eigenvalue weighted by molar-refractivity contribution is -0.135. The summed E-state index contributed by atoms with van der Waals surface area (Å²) in [5.41, 5.74) is 1.41. The van der Waals surface area contributed by atoms with Crippen LogP contribution < -0.4 is 5.32 Å². The minimum atomic E-state index is -0.159. The van der Waals surface area contributed by atoms with E-state index >= 15 is 0 Å². The normalized spacial score (nSPS) is 25.2. The summed E-state index contributed by atoms with van der Waals surface area (Å²) in [4.78, 5) is 0. The zero-order chi connectivity index (χ0) is 13.1. The van der Waals surface area contributed by atoms with E-state index in [1.54, 1.807) is 0 Å². The summed E-state index contributed by atoms with van der Waals surface area (Å²) in [7, 11) is 0. The van der Waals surface area contributed by atoms with E-state index in [2.05, 4.69) is 5.32 Å². The molecule has 1 saturated heterocycles. The molecule has 2 fully saturated rings. The largest absolute Gasteiger partial charge is 0.375 e. The molecule has 1 aliphatic heterocycles. The maximum atomic E-state index is 12.8. The molecule has 104 valence electrons. The van der Waals surface area contributed by atoms with Gasteiger partial charge in [0.25, 0.3) is 0 Å². The Kier molecular flexibility index (Phi) is 3.85. The first-order valence-corrected chi connectivity index (χ1v) is 7.38. The highest BCUT2D eigenvalue weighted by molar-refractivity contribution is 5.16. The van der Waals surface area contributed by atoms with Gasteiger partial charge in [-0.3, -0.25) is 0 Å². The van der Waals surface area contributed by atoms with Gasteiger partial charge in [0.2, 0.25) is 0 Å². The molecular formula is C16H22FNO. The van der Waals surface area contributed by atoms with Crippen LogP contribution in [0.1, 0.15) is 37.7 Å². The summed E-state index contributed by atoms with van der Waals surface area (Å²) in [5.74, 6) is -0.159. The van der Waals surface area contributed by atoms with Gasteiger partial charge in [-0.1, -0.05) is 12.1 Å². The van der Waals surface area contributed by atoms with Crippen LogP contribution in [0.3, 0.4) is 0 Å². The third-order valence-electron chi connectivity index (χ3n) is 4.52. The van der Waals surface area contributed by atoms with Crippen molar-refractivity contribution < 1.29 is 9.13 Å². The Bertz CT molecular complexity index is 413. The van der Waals surface area contributed by atoms with Crippen LogP contribution in [-0.4, -0.2) is 24.8 Å². The molecule has 1 atom stereocenters. The minimum absolute atomic E-state index is 0.159. The molecule has 0 aromatic heterocycles. The van der Waals surface area contributed by atoms with Gasteiger partial charge in [0.15, 0.2) is 0 Å². The van der Waals surface area contributed by atoms with Crippen LogP contribution in [0, 0.1) is 5.82 Å². The molecule has 0 radical (unpaired) electrons. The summed E-state index contributed by atoms with van der Waals surface area (Å²) in [6.07, 6.45) is 7.04. The van der Waals surface area contributed by atoms with Gasteiger partial charge < -0.3 is 10.1 Å². The standard InChI is InChI=1S/C16H22FNO/c17-14-4-2-13(3-5-14)6-10-18-15-7-11-19-16(12-15)8-1-9-16/h2-5,15,18H,1,6-12H2. The smallest absolute Gasteiger partial charge is 0.123 e. The van der Waals surface area contributed by atoms with Gasteiger partial charge in [-0.05, 0) is 62.8 Å². The van der Waals surface area contributed by atoms with Crippen molar-refractivity contribution in [2.75, 3.05) is 13.2 Å². The molecule has 1 heterocycles. The lowest BCUT2D eigenvalue weighted by atomic mass is 9.74. The molecule has 0 bridgehead atoms. The number of hydrogen-bond donors (Lipinski definition) is 1. The van der Waals surface area contributed by atoms with Crippen LogP contribution in [0.5, 0.6) is 0 Å². The monoisotopic (exact) mass is 263 g/mol. The second-order valence-electron chi connectivity index (χ2n) is 5.91. The lowest BCUT2D eigenvalue weighted by Crippen LogP contribution is -2.51. The fourth-order valence-corrected chi connectivity index (χ4v) is 3.19. The summed E-state index contributed by atoms with van der Waals surface area (Å²) in [5, 5.41) is 3.63. The predicted octanol–water partition coefficient (Wildman–Crippen LogP) is 3.06. The van der Waals surface area contributed by atoms with Crippen LogP contribution in [-0.2, 0) is 11.2 Å². The number of hydrogen-bond acceptors (Lipinski definition) is 2. The van der Waals surface area contributed by atoms with E-state index in [-0.39, 0.29) is 11.4 Å². The summed E-state index contributed by atoms with van der Waals surface area (Å²) >= 11 is 0. The van der Waals surface area contributed by atoms with Crippen molar-refractivity contribution in [1.29, 1.82) is 0 Å². The maximum absolute atomic E-state index is 12.8. The molecule has 0 amide bonds. The minimum Gasteiger partial charge on any atom is -0.375 e. The first kappa shape index (κ1) is 13.1. The molecule has 1 unspecified atom stereocenters. The number of rotatable bonds is 4. The van der Waals surface area contributed by atoms with Crippen molar-refractivity contribution in [2.45, 2.75) is 50.2 Å². The highest BCUT2D eigenvalue weighted by Crippen LogP contribution is 2.42. The van der Waals surface area contributed by atoms with Crippen molar-refractivity contribution in [3.63, 3.8) is 0 Å². The quantitative estimate of drug-likeness (QED) is 0.901. The first-order valence-electron chi connectivity index (χ1n) is 7.38. The molecule has 3 rings (SSSR count). The molecule has 3 heteroatoms. The molecule has 1 N–H and O–H groups in total. The fraction of sp³-hybridized carbons (Fsp3) is 0.625. The van der Waals surface area contributed by atoms with E-state index in [1.807, 2.05) is 12.1 Å². The first-order chi connectivity index (χ1) is 9.26. The Balaban J connectivity index is 1.43. The van der Waals surface area contributed by atoms with Crippen LogP contribution >= 0.6 is 0 Å². The summed E-state index contributed by atoms with van der Waals surface area (Å²) < 4.78 is 18.7. The molecule has 2 nitrogen and oxygen atoms in total. The van der Waals surface area contributed by atoms with Crippen molar-refractivity contribution in [3.8, 4) is 0 Å². The van der Waals surface area contributed by atoms with Crippen LogP contribution in [0.25, 0.3) is 0 Å². The molecule has 2 aliphatic rings. The molecule has 1 aromatic carbocycles. The fourth-order valence-electron chi connectivity index (χ4n) is 3.19. The van der Waals surface area contributed by atoms with E-state index in [9.17, 15) is 4.39 Å². The van der Waals surface area contributed by atoms with E-state index in [0.717, 1.165) is 32.4 Å². The van der Waals surface area contributed by atoms with E-state index in [1.165, 1.54) is 37.0 Å². The number of halogens is 1. The summed E-state index contributed by atoms with van der Waals surface area (Å²) in [6, 6.07) is 7.40. The molecule has 19 heavy (non-hydrogen) atoms. The third kappa shape index (κ3) is 3.15. The van der Waals surface area contributed by atoms with Gasteiger partial charge in [-0.15, -0.1) is 0 Å². The SMILES string of the molecule is Fc1ccc(CCNC2CCOC3(CCC3)C2)cc1. The van der Waals surface area contributed by atoms with Gasteiger partial charge in [-0.2, -0.15) is 0 Å². The Hall–Kier alpha value is -0.930. The lowest BCUT2D eigenvalue weighted by Gasteiger charge is -2.47. The highest BCUT2D eigenvalue weighted by atomic mass is 19.1. The van der Waals surface area contributed by atoms with E-state index < -0.39 is 0 Å². The summed E-state index contributed by atoms with van der Waals surface area (Å²) in [6.45, 7) is 1.86. The van der Waals surface area contributed by atoms with Crippen molar-refractivity contribution in [3.05, 3.63) is 35.6 Å². The Morgan fingerprint density at radius 2 is 2.05 bits per heavy atom. The Labute approximate surface area is 114 Å². The predicted molar refractivity (Wildman–Crippen MR) is 73.7 cm³/mol. The van der Waals surface area contributed by atoms with Crippen LogP contribution in [0.4, 0.5) is 4.39 Å². The van der Waals surface area contributed by atoms with Gasteiger partial charge in [0.1, 0.15) is 5.82 Å². The second kappa shape index (κ2) is 5.59. The van der Waals surface area contributed by atoms with E-state index in [4.69, 9.17) is 4.74 Å². The average molecular weight is 263 g/mol. The Morgan fingerprint density at radius 1 is 1.26 bits per heavy atom. The van der Waals surface area contributed by atoms with Crippen molar-refractivity contribution >= 4 is 0 Å². The van der Waals surface area contributed by atoms with Crippen LogP contribution in [0.15, 0.2) is 24.3 Å². The highest BCUT2D eigenvalue weighted by Gasteiger charge is 2.42. The van der Waals surface area contributed by atoms with Gasteiger partial charge in [0.05, 0.1) is 5.60 Å². The van der Waals surface area contributed by atoms with Gasteiger partial charge in [-0.25, -0.2) is 4.39 Å². The zero-order valence-corrected chi connectivity index (χ0v) is 11.3. The van der Waals surface area contributed by atoms with E-state index in [0.29, 0.717) is 6.04 Å². The molecule has 1 spiro atoms. The third-order valence-corrected chi connectivity index (χ3v) is 4.52. The molecule has 1 aromatic rings. The average Bonchev–Trinajstić information content (AvgIpc) is 2.40. The van der Waals surface area contributed by atoms with Crippen molar-refractivity contribution in [2.24, 2.45) is 0 Å². The molecule has 1 aliphatic carbocycles. The van der Waals surface area contributed by atoms with Crippen molar-refractivity contribution in [1.82, 2.24) is 5.32 Å². The van der Waals surface area contributed by atoms with Gasteiger partial charge >= 0.3 is 0 Å².